The van der Waals surface area contributed by atoms with E-state index in [1.54, 1.807) is 0 Å². The highest BCUT2D eigenvalue weighted by atomic mass is 16.5. The average Bonchev–Trinajstić information content (AvgIpc) is 2.97. The van der Waals surface area contributed by atoms with Crippen LogP contribution < -0.4 is 5.32 Å². The lowest BCUT2D eigenvalue weighted by molar-refractivity contribution is -0.148. The van der Waals surface area contributed by atoms with Crippen LogP contribution in [0.3, 0.4) is 0 Å². The Hall–Kier alpha value is -2.67. The van der Waals surface area contributed by atoms with Crippen LogP contribution in [0.5, 0.6) is 0 Å². The molecule has 1 unspecified atom stereocenters. The Labute approximate surface area is 120 Å². The Kier molecular flexibility index (Phi) is 4.68. The summed E-state index contributed by atoms with van der Waals surface area (Å²) in [5.41, 5.74) is 1.75. The first kappa shape index (κ1) is 14.7. The summed E-state index contributed by atoms with van der Waals surface area (Å²) in [4.78, 5) is 22.9. The Morgan fingerprint density at radius 1 is 1.38 bits per heavy atom. The number of aliphatic carboxylic acids is 1. The molecule has 1 aromatic heterocycles. The fraction of sp³-hybridized carbons (Fsp3) is 0.214. The van der Waals surface area contributed by atoms with E-state index in [2.05, 4.69) is 15.5 Å². The van der Waals surface area contributed by atoms with Crippen LogP contribution in [-0.4, -0.2) is 46.9 Å². The number of nitrogens with one attached hydrogen (secondary N) is 2. The maximum Gasteiger partial charge on any atom is 0.334 e. The maximum atomic E-state index is 12.1. The minimum Gasteiger partial charge on any atom is -0.479 e. The van der Waals surface area contributed by atoms with Crippen molar-refractivity contribution < 1.29 is 19.4 Å². The maximum absolute atomic E-state index is 12.1. The lowest BCUT2D eigenvalue weighted by atomic mass is 10.1. The third kappa shape index (κ3) is 3.46. The molecule has 0 aliphatic heterocycles. The Balaban J connectivity index is 2.11. The molecule has 0 aliphatic carbocycles. The number of benzene rings is 1. The molecule has 110 valence electrons. The molecule has 1 aromatic carbocycles. The number of hydrogen-bond acceptors (Lipinski definition) is 4. The zero-order valence-electron chi connectivity index (χ0n) is 11.4. The second-order valence-electron chi connectivity index (χ2n) is 4.30. The quantitative estimate of drug-likeness (QED) is 0.733. The predicted octanol–water partition coefficient (Wildman–Crippen LogP) is 0.906. The number of rotatable bonds is 6. The number of carbonyl (C=O) groups is 2. The average molecular weight is 289 g/mol. The number of aromatic nitrogens is 2. The molecule has 1 heterocycles. The van der Waals surface area contributed by atoms with Gasteiger partial charge in [0.25, 0.3) is 5.91 Å². The van der Waals surface area contributed by atoms with Gasteiger partial charge in [-0.25, -0.2) is 4.79 Å². The minimum absolute atomic E-state index is 0.121. The Morgan fingerprint density at radius 3 is 2.71 bits per heavy atom. The molecule has 1 amide bonds. The van der Waals surface area contributed by atoms with Crippen molar-refractivity contribution in [1.29, 1.82) is 0 Å². The zero-order valence-corrected chi connectivity index (χ0v) is 11.4. The molecule has 0 bridgehead atoms. The van der Waals surface area contributed by atoms with Crippen molar-refractivity contribution >= 4 is 11.9 Å². The predicted molar refractivity (Wildman–Crippen MR) is 74.8 cm³/mol. The number of methoxy groups -OCH3 is 1. The largest absolute Gasteiger partial charge is 0.479 e. The van der Waals surface area contributed by atoms with Gasteiger partial charge in [0, 0.05) is 12.7 Å². The summed E-state index contributed by atoms with van der Waals surface area (Å²) in [5, 5.41) is 18.0. The van der Waals surface area contributed by atoms with E-state index in [-0.39, 0.29) is 6.54 Å². The molecule has 0 radical (unpaired) electrons. The Morgan fingerprint density at radius 2 is 2.10 bits per heavy atom. The Bertz CT molecular complexity index is 624. The van der Waals surface area contributed by atoms with Gasteiger partial charge in [0.15, 0.2) is 6.10 Å². The number of carboxylic acids is 1. The van der Waals surface area contributed by atoms with Gasteiger partial charge in [0.2, 0.25) is 0 Å². The van der Waals surface area contributed by atoms with Gasteiger partial charge in [-0.3, -0.25) is 9.89 Å². The van der Waals surface area contributed by atoms with Gasteiger partial charge in [0.05, 0.1) is 24.0 Å². The van der Waals surface area contributed by atoms with Crippen molar-refractivity contribution in [3.8, 4) is 11.3 Å². The van der Waals surface area contributed by atoms with E-state index in [0.29, 0.717) is 11.3 Å². The minimum atomic E-state index is -1.13. The second-order valence-corrected chi connectivity index (χ2v) is 4.30. The first-order valence-corrected chi connectivity index (χ1v) is 6.26. The molecule has 1 atom stereocenters. The highest BCUT2D eigenvalue weighted by Crippen LogP contribution is 2.20. The van der Waals surface area contributed by atoms with E-state index in [4.69, 9.17) is 9.84 Å². The van der Waals surface area contributed by atoms with Gasteiger partial charge in [-0.05, 0) is 0 Å². The number of aromatic amines is 1. The van der Waals surface area contributed by atoms with Crippen molar-refractivity contribution in [2.75, 3.05) is 13.7 Å². The van der Waals surface area contributed by atoms with Crippen LogP contribution in [-0.2, 0) is 9.53 Å². The third-order valence-corrected chi connectivity index (χ3v) is 2.95. The monoisotopic (exact) mass is 289 g/mol. The van der Waals surface area contributed by atoms with Gasteiger partial charge in [-0.2, -0.15) is 5.10 Å². The van der Waals surface area contributed by atoms with Crippen LogP contribution >= 0.6 is 0 Å². The lowest BCUT2D eigenvalue weighted by Gasteiger charge is -2.11. The van der Waals surface area contributed by atoms with E-state index in [9.17, 15) is 9.59 Å². The number of amides is 1. The van der Waals surface area contributed by atoms with Crippen LogP contribution in [0.2, 0.25) is 0 Å². The summed E-state index contributed by atoms with van der Waals surface area (Å²) in [7, 11) is 1.28. The van der Waals surface area contributed by atoms with Crippen LogP contribution in [0.25, 0.3) is 11.3 Å². The molecule has 0 fully saturated rings. The normalized spacial score (nSPS) is 11.9. The first-order valence-electron chi connectivity index (χ1n) is 6.26. The molecule has 0 spiro atoms. The van der Waals surface area contributed by atoms with Gasteiger partial charge >= 0.3 is 5.97 Å². The van der Waals surface area contributed by atoms with Crippen LogP contribution in [0.15, 0.2) is 36.5 Å². The summed E-state index contributed by atoms with van der Waals surface area (Å²) in [6.45, 7) is -0.121. The molecule has 0 saturated carbocycles. The summed E-state index contributed by atoms with van der Waals surface area (Å²) >= 11 is 0. The zero-order chi connectivity index (χ0) is 15.2. The van der Waals surface area contributed by atoms with Crippen molar-refractivity contribution in [1.82, 2.24) is 15.5 Å². The number of carbonyl (C=O) groups excluding carboxylic acids is 1. The van der Waals surface area contributed by atoms with Crippen molar-refractivity contribution in [2.24, 2.45) is 0 Å². The van der Waals surface area contributed by atoms with E-state index in [0.717, 1.165) is 5.56 Å². The number of ether oxygens (including phenoxy) is 1. The van der Waals surface area contributed by atoms with Crippen molar-refractivity contribution in [2.45, 2.75) is 6.10 Å². The van der Waals surface area contributed by atoms with E-state index < -0.39 is 18.0 Å². The molecule has 7 nitrogen and oxygen atoms in total. The lowest BCUT2D eigenvalue weighted by Crippen LogP contribution is -2.37. The smallest absolute Gasteiger partial charge is 0.334 e. The molecule has 7 heteroatoms. The molecule has 2 aromatic rings. The summed E-state index contributed by atoms with van der Waals surface area (Å²) in [5.74, 6) is -1.54. The third-order valence-electron chi connectivity index (χ3n) is 2.95. The van der Waals surface area contributed by atoms with Crippen LogP contribution in [0.4, 0.5) is 0 Å². The van der Waals surface area contributed by atoms with Gasteiger partial charge in [-0.15, -0.1) is 0 Å². The fourth-order valence-corrected chi connectivity index (χ4v) is 1.84. The molecular weight excluding hydrogens is 274 g/mol. The van der Waals surface area contributed by atoms with E-state index >= 15 is 0 Å². The van der Waals surface area contributed by atoms with E-state index in [1.165, 1.54) is 13.3 Å². The number of carboxylic acid groups (broad SMARTS) is 1. The van der Waals surface area contributed by atoms with Gasteiger partial charge in [0.1, 0.15) is 0 Å². The molecule has 0 saturated heterocycles. The molecule has 3 N–H and O–H groups in total. The summed E-state index contributed by atoms with van der Waals surface area (Å²) in [6.07, 6.45) is 0.321. The topological polar surface area (TPSA) is 104 Å². The number of nitrogens with zero attached hydrogens (tertiary/aromatic N) is 1. The van der Waals surface area contributed by atoms with Crippen LogP contribution in [0, 0.1) is 0 Å². The highest BCUT2D eigenvalue weighted by molar-refractivity contribution is 5.99. The summed E-state index contributed by atoms with van der Waals surface area (Å²) in [6, 6.07) is 9.27. The van der Waals surface area contributed by atoms with Crippen molar-refractivity contribution in [3.63, 3.8) is 0 Å². The standard InChI is InChI=1S/C14H15N3O4/c1-21-11(14(19)20)8-15-13(18)10-7-16-17-12(10)9-5-3-2-4-6-9/h2-7,11H,8H2,1H3,(H,15,18)(H,16,17)(H,19,20). The molecular formula is C14H15N3O4. The first-order chi connectivity index (χ1) is 10.1. The highest BCUT2D eigenvalue weighted by Gasteiger charge is 2.20. The van der Waals surface area contributed by atoms with Gasteiger partial charge < -0.3 is 15.2 Å². The van der Waals surface area contributed by atoms with Gasteiger partial charge in [-0.1, -0.05) is 30.3 Å². The second kappa shape index (κ2) is 6.67. The summed E-state index contributed by atoms with van der Waals surface area (Å²) < 4.78 is 4.76. The van der Waals surface area contributed by atoms with E-state index in [1.807, 2.05) is 30.3 Å². The molecule has 2 rings (SSSR count). The van der Waals surface area contributed by atoms with Crippen LogP contribution in [0.1, 0.15) is 10.4 Å². The molecule has 0 aliphatic rings. The fourth-order valence-electron chi connectivity index (χ4n) is 1.84. The van der Waals surface area contributed by atoms with Crippen molar-refractivity contribution in [3.05, 3.63) is 42.1 Å². The number of hydrogen-bond donors (Lipinski definition) is 3. The SMILES string of the molecule is COC(CNC(=O)c1cn[nH]c1-c1ccccc1)C(=O)O. The molecule has 21 heavy (non-hydrogen) atoms. The number of H-pyrrole nitrogens is 1.